The van der Waals surface area contributed by atoms with E-state index in [9.17, 15) is 13.6 Å². The number of alkyl halides is 2. The highest BCUT2D eigenvalue weighted by Gasteiger charge is 2.17. The lowest BCUT2D eigenvalue weighted by atomic mass is 10.1. The van der Waals surface area contributed by atoms with Gasteiger partial charge in [0.1, 0.15) is 10.6 Å². The van der Waals surface area contributed by atoms with E-state index in [0.717, 1.165) is 36.4 Å². The Balaban J connectivity index is 0.00000200. The van der Waals surface area contributed by atoms with Gasteiger partial charge in [0.05, 0.1) is 0 Å². The van der Waals surface area contributed by atoms with Crippen LogP contribution in [0.15, 0.2) is 23.1 Å². The summed E-state index contributed by atoms with van der Waals surface area (Å²) in [5.41, 5.74) is 1.14. The second-order valence-electron chi connectivity index (χ2n) is 3.99. The molecule has 4 nitrogen and oxygen atoms in total. The van der Waals surface area contributed by atoms with Crippen molar-refractivity contribution in [2.24, 2.45) is 0 Å². The predicted molar refractivity (Wildman–Crippen MR) is 76.1 cm³/mol. The van der Waals surface area contributed by atoms with E-state index < -0.39 is 6.61 Å². The van der Waals surface area contributed by atoms with Gasteiger partial charge in [-0.2, -0.15) is 8.78 Å². The zero-order chi connectivity index (χ0) is 13.7. The first-order chi connectivity index (χ1) is 9.16. The Labute approximate surface area is 125 Å². The number of amides is 1. The van der Waals surface area contributed by atoms with Gasteiger partial charge < -0.3 is 15.4 Å². The van der Waals surface area contributed by atoms with E-state index in [4.69, 9.17) is 0 Å². The number of carbonyl (C=O) groups is 1. The van der Waals surface area contributed by atoms with Crippen LogP contribution in [0.1, 0.15) is 16.1 Å². The van der Waals surface area contributed by atoms with Crippen LogP contribution in [0.25, 0.3) is 0 Å². The summed E-state index contributed by atoms with van der Waals surface area (Å²) < 4.78 is 28.6. The van der Waals surface area contributed by atoms with E-state index in [2.05, 4.69) is 15.4 Å². The van der Waals surface area contributed by atoms with Gasteiger partial charge in [-0.1, -0.05) is 11.6 Å². The molecule has 2 N–H and O–H groups in total. The normalized spacial score (nSPS) is 14.4. The summed E-state index contributed by atoms with van der Waals surface area (Å²) in [6, 6.07) is 1.37. The fraction of sp³-hybridized carbons (Fsp3) is 0.417. The third-order valence-electron chi connectivity index (χ3n) is 2.69. The predicted octanol–water partition coefficient (Wildman–Crippen LogP) is 2.42. The van der Waals surface area contributed by atoms with Crippen LogP contribution < -0.4 is 15.4 Å². The minimum Gasteiger partial charge on any atom is -0.433 e. The molecule has 0 saturated carbocycles. The Bertz CT molecular complexity index is 480. The lowest BCUT2D eigenvalue weighted by Crippen LogP contribution is -2.29. The monoisotopic (exact) mass is 324 g/mol. The fourth-order valence-corrected chi connectivity index (χ4v) is 2.50. The van der Waals surface area contributed by atoms with Crippen LogP contribution in [0.5, 0.6) is 5.75 Å². The highest BCUT2D eigenvalue weighted by Crippen LogP contribution is 2.26. The summed E-state index contributed by atoms with van der Waals surface area (Å²) in [5, 5.41) is 7.44. The van der Waals surface area contributed by atoms with E-state index in [1.54, 1.807) is 5.38 Å². The van der Waals surface area contributed by atoms with Gasteiger partial charge in [0.25, 0.3) is 5.91 Å². The maximum Gasteiger partial charge on any atom is 0.387 e. The van der Waals surface area contributed by atoms with Crippen LogP contribution in [0.3, 0.4) is 0 Å². The van der Waals surface area contributed by atoms with Crippen LogP contribution in [-0.4, -0.2) is 32.2 Å². The number of ether oxygens (including phenoxy) is 1. The van der Waals surface area contributed by atoms with E-state index in [0.29, 0.717) is 6.54 Å². The van der Waals surface area contributed by atoms with Crippen LogP contribution in [0.2, 0.25) is 0 Å². The summed E-state index contributed by atoms with van der Waals surface area (Å²) in [7, 11) is 0. The minimum absolute atomic E-state index is 0. The molecule has 1 aromatic rings. The molecule has 20 heavy (non-hydrogen) atoms. The molecule has 1 aliphatic heterocycles. The average molecular weight is 325 g/mol. The fourth-order valence-electron chi connectivity index (χ4n) is 1.76. The minimum atomic E-state index is -2.92. The lowest BCUT2D eigenvalue weighted by Gasteiger charge is -2.14. The molecule has 0 radical (unpaired) electrons. The third kappa shape index (κ3) is 4.73. The maximum absolute atomic E-state index is 12.2. The average Bonchev–Trinajstić information content (AvgIpc) is 2.84. The van der Waals surface area contributed by atoms with Gasteiger partial charge in [-0.05, 0) is 24.4 Å². The van der Waals surface area contributed by atoms with Gasteiger partial charge in [-0.15, -0.1) is 23.7 Å². The standard InChI is InChI=1S/C12H14F2N2O2S.ClH/c13-12(14)18-9-3-6-19-10(9)11(17)16-7-8-1-4-15-5-2-8;/h1,3,6,12,15H,2,4-5,7H2,(H,16,17);1H. The number of rotatable bonds is 5. The molecule has 0 unspecified atom stereocenters. The van der Waals surface area contributed by atoms with E-state index >= 15 is 0 Å². The Morgan fingerprint density at radius 3 is 3.00 bits per heavy atom. The van der Waals surface area contributed by atoms with Gasteiger partial charge in [0.15, 0.2) is 0 Å². The quantitative estimate of drug-likeness (QED) is 0.818. The zero-order valence-corrected chi connectivity index (χ0v) is 12.2. The molecule has 2 heterocycles. The SMILES string of the molecule is Cl.O=C(NCC1=CCNCC1)c1sccc1OC(F)F. The Kier molecular flexibility index (Phi) is 6.90. The molecule has 1 aromatic heterocycles. The summed E-state index contributed by atoms with van der Waals surface area (Å²) >= 11 is 1.08. The largest absolute Gasteiger partial charge is 0.433 e. The second-order valence-corrected chi connectivity index (χ2v) is 4.91. The number of thiophene rings is 1. The van der Waals surface area contributed by atoms with Crippen LogP contribution >= 0.6 is 23.7 Å². The molecule has 8 heteroatoms. The second kappa shape index (κ2) is 8.18. The molecule has 1 amide bonds. The number of carbonyl (C=O) groups excluding carboxylic acids is 1. The Hall–Kier alpha value is -1.18. The Morgan fingerprint density at radius 2 is 2.35 bits per heavy atom. The Morgan fingerprint density at radius 1 is 1.55 bits per heavy atom. The number of hydrogen-bond donors (Lipinski definition) is 2. The number of hydrogen-bond acceptors (Lipinski definition) is 4. The molecule has 1 aliphatic rings. The third-order valence-corrected chi connectivity index (χ3v) is 3.58. The van der Waals surface area contributed by atoms with Crippen LogP contribution in [0.4, 0.5) is 8.78 Å². The van der Waals surface area contributed by atoms with Gasteiger partial charge in [0.2, 0.25) is 0 Å². The van der Waals surface area contributed by atoms with E-state index in [1.165, 1.54) is 6.07 Å². The van der Waals surface area contributed by atoms with Crippen molar-refractivity contribution in [2.75, 3.05) is 19.6 Å². The van der Waals surface area contributed by atoms with Gasteiger partial charge >= 0.3 is 6.61 Å². The molecular weight excluding hydrogens is 310 g/mol. The van der Waals surface area contributed by atoms with E-state index in [-0.39, 0.29) is 28.9 Å². The summed E-state index contributed by atoms with van der Waals surface area (Å²) in [4.78, 5) is 12.1. The lowest BCUT2D eigenvalue weighted by molar-refractivity contribution is -0.0498. The van der Waals surface area contributed by atoms with Crippen molar-refractivity contribution in [1.29, 1.82) is 0 Å². The first-order valence-electron chi connectivity index (χ1n) is 5.86. The van der Waals surface area contributed by atoms with Gasteiger partial charge in [-0.25, -0.2) is 0 Å². The van der Waals surface area contributed by atoms with Crippen molar-refractivity contribution in [2.45, 2.75) is 13.0 Å². The first-order valence-corrected chi connectivity index (χ1v) is 6.74. The highest BCUT2D eigenvalue weighted by atomic mass is 35.5. The molecule has 2 rings (SSSR count). The molecule has 0 fully saturated rings. The topological polar surface area (TPSA) is 50.4 Å². The van der Waals surface area contributed by atoms with Crippen molar-refractivity contribution >= 4 is 29.7 Å². The highest BCUT2D eigenvalue weighted by molar-refractivity contribution is 7.12. The van der Waals surface area contributed by atoms with E-state index in [1.807, 2.05) is 6.08 Å². The summed E-state index contributed by atoms with van der Waals surface area (Å²) in [6.45, 7) is -0.801. The van der Waals surface area contributed by atoms with Crippen molar-refractivity contribution in [3.05, 3.63) is 28.0 Å². The van der Waals surface area contributed by atoms with Crippen molar-refractivity contribution < 1.29 is 18.3 Å². The van der Waals surface area contributed by atoms with Gasteiger partial charge in [0, 0.05) is 13.1 Å². The number of nitrogens with one attached hydrogen (secondary N) is 2. The van der Waals surface area contributed by atoms with Crippen molar-refractivity contribution in [3.8, 4) is 5.75 Å². The van der Waals surface area contributed by atoms with Crippen molar-refractivity contribution in [1.82, 2.24) is 10.6 Å². The van der Waals surface area contributed by atoms with Crippen LogP contribution in [-0.2, 0) is 0 Å². The van der Waals surface area contributed by atoms with Crippen molar-refractivity contribution in [3.63, 3.8) is 0 Å². The van der Waals surface area contributed by atoms with Gasteiger partial charge in [-0.3, -0.25) is 4.79 Å². The maximum atomic E-state index is 12.2. The molecular formula is C12H15ClF2N2O2S. The first kappa shape index (κ1) is 16.9. The molecule has 0 aliphatic carbocycles. The summed E-state index contributed by atoms with van der Waals surface area (Å²) in [6.07, 6.45) is 2.90. The number of halogens is 3. The zero-order valence-electron chi connectivity index (χ0n) is 10.5. The molecule has 0 bridgehead atoms. The molecule has 112 valence electrons. The molecule has 0 saturated heterocycles. The molecule has 0 atom stereocenters. The molecule has 0 spiro atoms. The summed E-state index contributed by atoms with van der Waals surface area (Å²) in [5.74, 6) is -0.457. The molecule has 0 aromatic carbocycles. The van der Waals surface area contributed by atoms with Crippen LogP contribution in [0, 0.1) is 0 Å². The smallest absolute Gasteiger partial charge is 0.387 e.